The highest BCUT2D eigenvalue weighted by molar-refractivity contribution is 7.16. The molecule has 11 heavy (non-hydrogen) atoms. The third-order valence-corrected chi connectivity index (χ3v) is 2.74. The van der Waals surface area contributed by atoms with Crippen molar-refractivity contribution in [2.75, 3.05) is 7.11 Å². The molecule has 0 radical (unpaired) electrons. The molecule has 2 rings (SSSR count). The molecule has 3 heteroatoms. The highest BCUT2D eigenvalue weighted by Gasteiger charge is 2.02. The van der Waals surface area contributed by atoms with Gasteiger partial charge in [0.2, 0.25) is 0 Å². The molecule has 0 unspecified atom stereocenters. The second kappa shape index (κ2) is 2.27. The first-order valence-corrected chi connectivity index (χ1v) is 4.18. The quantitative estimate of drug-likeness (QED) is 0.635. The van der Waals surface area contributed by atoms with E-state index >= 15 is 0 Å². The number of methoxy groups -OCH3 is 1. The standard InChI is InChI=1S/C8H9NOS/c1-9-7-4-3-6(10-2)5-8(7)11-9/h3-5H,1-2H3. The van der Waals surface area contributed by atoms with Crippen molar-refractivity contribution >= 4 is 21.7 Å². The van der Waals surface area contributed by atoms with Gasteiger partial charge in [-0.3, -0.25) is 3.96 Å². The minimum absolute atomic E-state index is 0.935. The summed E-state index contributed by atoms with van der Waals surface area (Å²) in [7, 11) is 3.74. The van der Waals surface area contributed by atoms with Gasteiger partial charge in [-0.05, 0) is 12.1 Å². The van der Waals surface area contributed by atoms with Crippen LogP contribution in [0.25, 0.3) is 10.2 Å². The zero-order valence-electron chi connectivity index (χ0n) is 6.50. The maximum Gasteiger partial charge on any atom is 0.120 e. The number of hydrogen-bond donors (Lipinski definition) is 0. The number of fused-ring (bicyclic) bond motifs is 1. The fourth-order valence-electron chi connectivity index (χ4n) is 1.11. The molecule has 0 aliphatic rings. The Bertz CT molecular complexity index is 374. The summed E-state index contributed by atoms with van der Waals surface area (Å²) >= 11 is 1.74. The molecule has 0 aliphatic heterocycles. The molecule has 0 bridgehead atoms. The van der Waals surface area contributed by atoms with Crippen LogP contribution < -0.4 is 4.74 Å². The molecule has 58 valence electrons. The zero-order chi connectivity index (χ0) is 7.84. The van der Waals surface area contributed by atoms with Gasteiger partial charge in [0.05, 0.1) is 17.3 Å². The topological polar surface area (TPSA) is 14.2 Å². The molecule has 0 fully saturated rings. The second-order valence-corrected chi connectivity index (χ2v) is 3.59. The fourth-order valence-corrected chi connectivity index (χ4v) is 2.00. The van der Waals surface area contributed by atoms with Crippen LogP contribution in [-0.4, -0.2) is 11.1 Å². The Morgan fingerprint density at radius 1 is 1.45 bits per heavy atom. The third-order valence-electron chi connectivity index (χ3n) is 1.74. The molecule has 0 atom stereocenters. The summed E-state index contributed by atoms with van der Waals surface area (Å²) in [6.07, 6.45) is 0. The molecule has 0 saturated carbocycles. The van der Waals surface area contributed by atoms with E-state index in [1.165, 1.54) is 10.2 Å². The van der Waals surface area contributed by atoms with Crippen LogP contribution in [0, 0.1) is 0 Å². The molecule has 0 spiro atoms. The van der Waals surface area contributed by atoms with Crippen LogP contribution in [0.5, 0.6) is 5.75 Å². The van der Waals surface area contributed by atoms with Crippen LogP contribution in [0.3, 0.4) is 0 Å². The first-order chi connectivity index (χ1) is 5.31. The monoisotopic (exact) mass is 167 g/mol. The van der Waals surface area contributed by atoms with Crippen molar-refractivity contribution in [2.45, 2.75) is 0 Å². The number of aromatic nitrogens is 1. The number of rotatable bonds is 1. The highest BCUT2D eigenvalue weighted by Crippen LogP contribution is 2.27. The maximum atomic E-state index is 5.09. The van der Waals surface area contributed by atoms with E-state index in [0.717, 1.165) is 5.75 Å². The van der Waals surface area contributed by atoms with Gasteiger partial charge in [0, 0.05) is 13.1 Å². The Morgan fingerprint density at radius 3 is 2.82 bits per heavy atom. The van der Waals surface area contributed by atoms with E-state index in [4.69, 9.17) is 4.74 Å². The van der Waals surface area contributed by atoms with E-state index < -0.39 is 0 Å². The molecule has 0 N–H and O–H groups in total. The molecule has 0 saturated heterocycles. The van der Waals surface area contributed by atoms with Gasteiger partial charge in [-0.15, -0.1) is 0 Å². The predicted octanol–water partition coefficient (Wildman–Crippen LogP) is 2.25. The van der Waals surface area contributed by atoms with Gasteiger partial charge < -0.3 is 4.74 Å². The lowest BCUT2D eigenvalue weighted by Crippen LogP contribution is -1.92. The summed E-state index contributed by atoms with van der Waals surface area (Å²) in [6.45, 7) is 0. The fraction of sp³-hybridized carbons (Fsp3) is 0.250. The van der Waals surface area contributed by atoms with E-state index in [-0.39, 0.29) is 0 Å². The van der Waals surface area contributed by atoms with Crippen molar-refractivity contribution in [3.63, 3.8) is 0 Å². The summed E-state index contributed by atoms with van der Waals surface area (Å²) in [4.78, 5) is 0. The van der Waals surface area contributed by atoms with Gasteiger partial charge in [0.15, 0.2) is 0 Å². The first kappa shape index (κ1) is 6.73. The van der Waals surface area contributed by atoms with Crippen molar-refractivity contribution in [3.8, 4) is 5.75 Å². The van der Waals surface area contributed by atoms with Crippen LogP contribution in [0.15, 0.2) is 18.2 Å². The minimum Gasteiger partial charge on any atom is -0.497 e. The molecular weight excluding hydrogens is 158 g/mol. The zero-order valence-corrected chi connectivity index (χ0v) is 7.31. The molecule has 0 aliphatic carbocycles. The van der Waals surface area contributed by atoms with Gasteiger partial charge >= 0.3 is 0 Å². The van der Waals surface area contributed by atoms with Gasteiger partial charge in [-0.1, -0.05) is 11.5 Å². The second-order valence-electron chi connectivity index (χ2n) is 2.42. The van der Waals surface area contributed by atoms with Crippen molar-refractivity contribution in [1.82, 2.24) is 3.96 Å². The van der Waals surface area contributed by atoms with Crippen molar-refractivity contribution in [2.24, 2.45) is 7.05 Å². The smallest absolute Gasteiger partial charge is 0.120 e. The van der Waals surface area contributed by atoms with E-state index in [0.29, 0.717) is 0 Å². The van der Waals surface area contributed by atoms with Gasteiger partial charge in [0.1, 0.15) is 5.75 Å². The lowest BCUT2D eigenvalue weighted by molar-refractivity contribution is 0.415. The SMILES string of the molecule is COc1ccc2c(c1)sn2C. The van der Waals surface area contributed by atoms with Crippen LogP contribution in [0.4, 0.5) is 0 Å². The van der Waals surface area contributed by atoms with E-state index in [2.05, 4.69) is 23.1 Å². The molecular formula is C8H9NOS. The predicted molar refractivity (Wildman–Crippen MR) is 47.3 cm³/mol. The maximum absolute atomic E-state index is 5.09. The summed E-state index contributed by atoms with van der Waals surface area (Å²) in [5.74, 6) is 0.935. The molecule has 1 aromatic carbocycles. The normalized spacial score (nSPS) is 10.7. The van der Waals surface area contributed by atoms with Crippen LogP contribution in [0.2, 0.25) is 0 Å². The molecule has 2 nitrogen and oxygen atoms in total. The van der Waals surface area contributed by atoms with Gasteiger partial charge in [0.25, 0.3) is 0 Å². The van der Waals surface area contributed by atoms with E-state index in [9.17, 15) is 0 Å². The third kappa shape index (κ3) is 0.922. The number of benzene rings is 1. The van der Waals surface area contributed by atoms with Crippen LogP contribution in [0.1, 0.15) is 0 Å². The summed E-state index contributed by atoms with van der Waals surface area (Å²) in [5.41, 5.74) is 1.29. The molecule has 0 amide bonds. The van der Waals surface area contributed by atoms with E-state index in [1.54, 1.807) is 18.6 Å². The Balaban J connectivity index is 2.56. The summed E-state index contributed by atoms with van der Waals surface area (Å²) in [5, 5.41) is 0. The number of ether oxygens (including phenoxy) is 1. The average Bonchev–Trinajstić information content (AvgIpc) is 2.02. The van der Waals surface area contributed by atoms with Crippen LogP contribution >= 0.6 is 11.5 Å². The lowest BCUT2D eigenvalue weighted by atomic mass is 10.3. The first-order valence-electron chi connectivity index (χ1n) is 3.41. The molecule has 2 aromatic rings. The number of aryl methyl sites for hydroxylation is 1. The Labute approximate surface area is 69.2 Å². The van der Waals surface area contributed by atoms with Crippen molar-refractivity contribution in [1.29, 1.82) is 0 Å². The summed E-state index contributed by atoms with van der Waals surface area (Å²) < 4.78 is 8.52. The van der Waals surface area contributed by atoms with Crippen LogP contribution in [-0.2, 0) is 7.05 Å². The number of nitrogens with zero attached hydrogens (tertiary/aromatic N) is 1. The Kier molecular flexibility index (Phi) is 1.39. The van der Waals surface area contributed by atoms with E-state index in [1.807, 2.05) is 6.07 Å². The molecule has 1 aromatic heterocycles. The minimum atomic E-state index is 0.935. The van der Waals surface area contributed by atoms with Gasteiger partial charge in [-0.2, -0.15) is 0 Å². The Hall–Kier alpha value is -0.960. The largest absolute Gasteiger partial charge is 0.497 e. The Morgan fingerprint density at radius 2 is 2.27 bits per heavy atom. The average molecular weight is 167 g/mol. The number of hydrogen-bond acceptors (Lipinski definition) is 2. The lowest BCUT2D eigenvalue weighted by Gasteiger charge is -2.09. The van der Waals surface area contributed by atoms with Crippen molar-refractivity contribution < 1.29 is 4.74 Å². The molecule has 1 heterocycles. The van der Waals surface area contributed by atoms with Gasteiger partial charge in [-0.25, -0.2) is 0 Å². The summed E-state index contributed by atoms with van der Waals surface area (Å²) in [6, 6.07) is 6.11. The highest BCUT2D eigenvalue weighted by atomic mass is 32.1. The van der Waals surface area contributed by atoms with Crippen molar-refractivity contribution in [3.05, 3.63) is 18.2 Å².